The molecule has 1 heterocycles. The van der Waals surface area contributed by atoms with Gasteiger partial charge in [0.25, 0.3) is 0 Å². The minimum absolute atomic E-state index is 0.195. The highest BCUT2D eigenvalue weighted by atomic mass is 32.2. The second-order valence-corrected chi connectivity index (χ2v) is 7.91. The van der Waals surface area contributed by atoms with Crippen molar-refractivity contribution in [3.63, 3.8) is 0 Å². The average Bonchev–Trinajstić information content (AvgIpc) is 2.83. The van der Waals surface area contributed by atoms with Crippen LogP contribution in [0.2, 0.25) is 0 Å². The minimum atomic E-state index is -0.458. The number of carbonyl (C=O) groups excluding carboxylic acids is 1. The van der Waals surface area contributed by atoms with Crippen LogP contribution in [-0.4, -0.2) is 62.3 Å². The topological polar surface area (TPSA) is 60.4 Å². The van der Waals surface area contributed by atoms with Crippen molar-refractivity contribution in [1.82, 2.24) is 4.90 Å². The Kier molecular flexibility index (Phi) is 9.15. The van der Waals surface area contributed by atoms with E-state index in [-0.39, 0.29) is 13.2 Å². The predicted octanol–water partition coefficient (Wildman–Crippen LogP) is 3.85. The van der Waals surface area contributed by atoms with Crippen LogP contribution >= 0.6 is 11.8 Å². The van der Waals surface area contributed by atoms with Crippen molar-refractivity contribution in [3.05, 3.63) is 71.8 Å². The van der Waals surface area contributed by atoms with Crippen LogP contribution in [0.5, 0.6) is 0 Å². The maximum atomic E-state index is 12.1. The molecule has 1 fully saturated rings. The molecule has 0 unspecified atom stereocenters. The summed E-state index contributed by atoms with van der Waals surface area (Å²) in [5.41, 5.74) is 3.68. The zero-order valence-corrected chi connectivity index (χ0v) is 18.6. The maximum Gasteiger partial charge on any atom is 0.347 e. The van der Waals surface area contributed by atoms with Gasteiger partial charge in [-0.05, 0) is 29.5 Å². The molecule has 0 spiro atoms. The Hall–Kier alpha value is -2.61. The van der Waals surface area contributed by atoms with Gasteiger partial charge in [0, 0.05) is 30.1 Å². The molecular weight excluding hydrogens is 412 g/mol. The number of esters is 1. The molecule has 1 saturated heterocycles. The molecule has 0 amide bonds. The second kappa shape index (κ2) is 12.3. The summed E-state index contributed by atoms with van der Waals surface area (Å²) >= 11 is 1.69. The molecule has 0 radical (unpaired) electrons. The fourth-order valence-corrected chi connectivity index (χ4v) is 3.45. The molecule has 0 atom stereocenters. The van der Waals surface area contributed by atoms with Crippen molar-refractivity contribution in [2.45, 2.75) is 11.5 Å². The van der Waals surface area contributed by atoms with Gasteiger partial charge in [-0.2, -0.15) is 0 Å². The van der Waals surface area contributed by atoms with Crippen molar-refractivity contribution in [3.8, 4) is 0 Å². The van der Waals surface area contributed by atoms with Crippen LogP contribution < -0.4 is 0 Å². The number of hydrogen-bond donors (Lipinski definition) is 0. The first-order valence-electron chi connectivity index (χ1n) is 10.2. The molecule has 0 aliphatic carbocycles. The molecule has 164 valence electrons. The van der Waals surface area contributed by atoms with E-state index in [9.17, 15) is 4.79 Å². The van der Waals surface area contributed by atoms with Crippen molar-refractivity contribution >= 4 is 29.5 Å². The van der Waals surface area contributed by atoms with Crippen LogP contribution in [0.25, 0.3) is 6.08 Å². The lowest BCUT2D eigenvalue weighted by Gasteiger charge is -2.26. The van der Waals surface area contributed by atoms with E-state index in [2.05, 4.69) is 28.8 Å². The van der Waals surface area contributed by atoms with Gasteiger partial charge in [0.2, 0.25) is 6.61 Å². The maximum absolute atomic E-state index is 12.1. The summed E-state index contributed by atoms with van der Waals surface area (Å²) < 4.78 is 10.7. The SMILES string of the molecule is C=Cc1ccc(COC(=O)CO/N=C(\CN2CCOCC2)c2ccc(SC)cc2)cc1. The number of rotatable bonds is 10. The molecule has 0 aromatic heterocycles. The van der Waals surface area contributed by atoms with E-state index < -0.39 is 5.97 Å². The van der Waals surface area contributed by atoms with E-state index in [0.29, 0.717) is 19.8 Å². The molecule has 1 aliphatic heterocycles. The molecule has 0 N–H and O–H groups in total. The summed E-state index contributed by atoms with van der Waals surface area (Å²) in [6.07, 6.45) is 3.81. The highest BCUT2D eigenvalue weighted by Crippen LogP contribution is 2.16. The number of thioether (sulfide) groups is 1. The normalized spacial score (nSPS) is 14.8. The molecule has 7 heteroatoms. The quantitative estimate of drug-likeness (QED) is 0.242. The largest absolute Gasteiger partial charge is 0.458 e. The highest BCUT2D eigenvalue weighted by Gasteiger charge is 2.15. The smallest absolute Gasteiger partial charge is 0.347 e. The number of carbonyl (C=O) groups is 1. The lowest BCUT2D eigenvalue weighted by molar-refractivity contribution is -0.150. The van der Waals surface area contributed by atoms with Gasteiger partial charge in [-0.1, -0.05) is 54.2 Å². The summed E-state index contributed by atoms with van der Waals surface area (Å²) in [5.74, 6) is -0.458. The summed E-state index contributed by atoms with van der Waals surface area (Å²) in [7, 11) is 0. The Labute approximate surface area is 187 Å². The Bertz CT molecular complexity index is 875. The standard InChI is InChI=1S/C24H28N2O4S/c1-3-19-4-6-20(7-5-19)17-29-24(27)18-30-25-23(16-26-12-14-28-15-13-26)21-8-10-22(31-2)11-9-21/h3-11H,1,12-18H2,2H3/b25-23+. The first kappa shape index (κ1) is 23.1. The summed E-state index contributed by atoms with van der Waals surface area (Å²) in [6, 6.07) is 15.8. The van der Waals surface area contributed by atoms with Crippen LogP contribution in [0.15, 0.2) is 65.2 Å². The third-order valence-corrected chi connectivity index (χ3v) is 5.62. The number of ether oxygens (including phenoxy) is 2. The zero-order valence-electron chi connectivity index (χ0n) is 17.8. The first-order valence-corrected chi connectivity index (χ1v) is 11.4. The van der Waals surface area contributed by atoms with Crippen molar-refractivity contribution in [2.75, 3.05) is 45.7 Å². The van der Waals surface area contributed by atoms with Gasteiger partial charge in [0.15, 0.2) is 0 Å². The molecule has 3 rings (SSSR count). The molecule has 2 aromatic carbocycles. The Balaban J connectivity index is 1.56. The van der Waals surface area contributed by atoms with Crippen molar-refractivity contribution in [1.29, 1.82) is 0 Å². The summed E-state index contributed by atoms with van der Waals surface area (Å²) in [5, 5.41) is 4.28. The van der Waals surface area contributed by atoms with Crippen LogP contribution in [0.1, 0.15) is 16.7 Å². The highest BCUT2D eigenvalue weighted by molar-refractivity contribution is 7.98. The fourth-order valence-electron chi connectivity index (χ4n) is 3.05. The average molecular weight is 441 g/mol. The molecule has 31 heavy (non-hydrogen) atoms. The number of hydrogen-bond acceptors (Lipinski definition) is 7. The summed E-state index contributed by atoms with van der Waals surface area (Å²) in [6.45, 7) is 7.42. The van der Waals surface area contributed by atoms with Crippen LogP contribution in [0, 0.1) is 0 Å². The zero-order chi connectivity index (χ0) is 21.9. The van der Waals surface area contributed by atoms with Crippen molar-refractivity contribution < 1.29 is 19.1 Å². The Morgan fingerprint density at radius 1 is 1.16 bits per heavy atom. The number of morpholine rings is 1. The van der Waals surface area contributed by atoms with Crippen LogP contribution in [-0.2, 0) is 25.7 Å². The fraction of sp³-hybridized carbons (Fsp3) is 0.333. The van der Waals surface area contributed by atoms with E-state index in [4.69, 9.17) is 14.3 Å². The predicted molar refractivity (Wildman–Crippen MR) is 124 cm³/mol. The molecular formula is C24H28N2O4S. The molecule has 0 saturated carbocycles. The van der Waals surface area contributed by atoms with Gasteiger partial charge in [-0.15, -0.1) is 11.8 Å². The molecule has 6 nitrogen and oxygen atoms in total. The summed E-state index contributed by atoms with van der Waals surface area (Å²) in [4.78, 5) is 20.9. The first-order chi connectivity index (χ1) is 15.2. The van der Waals surface area contributed by atoms with Gasteiger partial charge >= 0.3 is 5.97 Å². The van der Waals surface area contributed by atoms with Crippen LogP contribution in [0.4, 0.5) is 0 Å². The molecule has 2 aromatic rings. The van der Waals surface area contributed by atoms with Crippen LogP contribution in [0.3, 0.4) is 0 Å². The second-order valence-electron chi connectivity index (χ2n) is 7.03. The minimum Gasteiger partial charge on any atom is -0.458 e. The van der Waals surface area contributed by atoms with Crippen molar-refractivity contribution in [2.24, 2.45) is 5.16 Å². The van der Waals surface area contributed by atoms with Gasteiger partial charge in [-0.3, -0.25) is 4.90 Å². The van der Waals surface area contributed by atoms with Gasteiger partial charge in [0.1, 0.15) is 12.3 Å². The number of nitrogens with zero attached hydrogens (tertiary/aromatic N) is 2. The van der Waals surface area contributed by atoms with Gasteiger partial charge in [0.05, 0.1) is 13.2 Å². The number of oxime groups is 1. The monoisotopic (exact) mass is 440 g/mol. The lowest BCUT2D eigenvalue weighted by Crippen LogP contribution is -2.39. The number of benzene rings is 2. The Morgan fingerprint density at radius 2 is 1.87 bits per heavy atom. The Morgan fingerprint density at radius 3 is 2.52 bits per heavy atom. The third kappa shape index (κ3) is 7.54. The van der Waals surface area contributed by atoms with E-state index in [1.807, 2.05) is 42.7 Å². The van der Waals surface area contributed by atoms with E-state index >= 15 is 0 Å². The van der Waals surface area contributed by atoms with E-state index in [1.54, 1.807) is 17.8 Å². The lowest BCUT2D eigenvalue weighted by atomic mass is 10.1. The molecule has 1 aliphatic rings. The molecule has 0 bridgehead atoms. The van der Waals surface area contributed by atoms with Gasteiger partial charge < -0.3 is 14.3 Å². The third-order valence-electron chi connectivity index (χ3n) is 4.87. The van der Waals surface area contributed by atoms with E-state index in [1.165, 1.54) is 4.90 Å². The van der Waals surface area contributed by atoms with E-state index in [0.717, 1.165) is 35.5 Å². The van der Waals surface area contributed by atoms with Gasteiger partial charge in [-0.25, -0.2) is 4.79 Å².